The molecular formula is C11H9BrClN3O. The number of aromatic nitrogens is 2. The molecule has 0 radical (unpaired) electrons. The molecule has 0 atom stereocenters. The molecule has 1 N–H and O–H groups in total. The molecule has 0 fully saturated rings. The molecule has 0 aliphatic heterocycles. The van der Waals surface area contributed by atoms with Gasteiger partial charge in [0.1, 0.15) is 11.6 Å². The normalized spacial score (nSPS) is 10.1. The molecule has 17 heavy (non-hydrogen) atoms. The number of nitrogens with zero attached hydrogens (tertiary/aromatic N) is 2. The highest BCUT2D eigenvalue weighted by Gasteiger charge is 2.02. The zero-order valence-corrected chi connectivity index (χ0v) is 11.3. The first-order chi connectivity index (χ1) is 8.19. The lowest BCUT2D eigenvalue weighted by Crippen LogP contribution is -1.95. The molecule has 0 aliphatic carbocycles. The predicted octanol–water partition coefficient (Wildman–Crippen LogP) is 3.64. The Kier molecular flexibility index (Phi) is 3.81. The molecule has 6 heteroatoms. The van der Waals surface area contributed by atoms with E-state index in [2.05, 4.69) is 31.2 Å². The molecule has 0 spiro atoms. The molecule has 2 aromatic rings. The first kappa shape index (κ1) is 12.1. The maximum absolute atomic E-state index is 5.70. The Balaban J connectivity index is 2.22. The van der Waals surface area contributed by atoms with Crippen LogP contribution in [0, 0.1) is 0 Å². The van der Waals surface area contributed by atoms with Gasteiger partial charge >= 0.3 is 0 Å². The number of hydrogen-bond donors (Lipinski definition) is 1. The van der Waals surface area contributed by atoms with Crippen LogP contribution in [0.5, 0.6) is 5.75 Å². The number of benzene rings is 1. The van der Waals surface area contributed by atoms with Crippen LogP contribution in [0.3, 0.4) is 0 Å². The van der Waals surface area contributed by atoms with Gasteiger partial charge in [0.25, 0.3) is 0 Å². The first-order valence-electron chi connectivity index (χ1n) is 4.78. The number of halogens is 2. The second kappa shape index (κ2) is 5.33. The van der Waals surface area contributed by atoms with Gasteiger partial charge in [-0.25, -0.2) is 9.97 Å². The lowest BCUT2D eigenvalue weighted by molar-refractivity contribution is 0.412. The van der Waals surface area contributed by atoms with Crippen LogP contribution >= 0.6 is 27.5 Å². The Morgan fingerprint density at radius 1 is 1.35 bits per heavy atom. The fraction of sp³-hybridized carbons (Fsp3) is 0.0909. The van der Waals surface area contributed by atoms with Gasteiger partial charge in [-0.15, -0.1) is 0 Å². The van der Waals surface area contributed by atoms with E-state index in [4.69, 9.17) is 16.3 Å². The van der Waals surface area contributed by atoms with Crippen LogP contribution in [0.4, 0.5) is 11.5 Å². The van der Waals surface area contributed by atoms with Crippen LogP contribution in [0.25, 0.3) is 0 Å². The molecule has 0 saturated carbocycles. The SMILES string of the molecule is COc1ccc(Nc2ccnc(Cl)n2)cc1Br. The van der Waals surface area contributed by atoms with Crippen molar-refractivity contribution in [1.29, 1.82) is 0 Å². The number of anilines is 2. The van der Waals surface area contributed by atoms with Gasteiger partial charge in [-0.2, -0.15) is 0 Å². The minimum Gasteiger partial charge on any atom is -0.496 e. The minimum atomic E-state index is 0.211. The van der Waals surface area contributed by atoms with E-state index < -0.39 is 0 Å². The van der Waals surface area contributed by atoms with Crippen molar-refractivity contribution in [3.05, 3.63) is 40.2 Å². The second-order valence-corrected chi connectivity index (χ2v) is 4.38. The fourth-order valence-electron chi connectivity index (χ4n) is 1.30. The van der Waals surface area contributed by atoms with Gasteiger partial charge in [-0.3, -0.25) is 0 Å². The largest absolute Gasteiger partial charge is 0.496 e. The van der Waals surface area contributed by atoms with E-state index in [1.54, 1.807) is 19.4 Å². The monoisotopic (exact) mass is 313 g/mol. The van der Waals surface area contributed by atoms with Gasteiger partial charge in [-0.1, -0.05) is 0 Å². The average molecular weight is 315 g/mol. The van der Waals surface area contributed by atoms with E-state index in [1.807, 2.05) is 18.2 Å². The van der Waals surface area contributed by atoms with Crippen LogP contribution in [-0.2, 0) is 0 Å². The Morgan fingerprint density at radius 3 is 2.82 bits per heavy atom. The summed E-state index contributed by atoms with van der Waals surface area (Å²) in [6, 6.07) is 7.38. The van der Waals surface area contributed by atoms with Gasteiger partial charge in [0.15, 0.2) is 0 Å². The topological polar surface area (TPSA) is 47.0 Å². The number of ether oxygens (including phenoxy) is 1. The minimum absolute atomic E-state index is 0.211. The number of methoxy groups -OCH3 is 1. The van der Waals surface area contributed by atoms with E-state index in [9.17, 15) is 0 Å². The molecule has 1 aromatic carbocycles. The smallest absolute Gasteiger partial charge is 0.224 e. The summed E-state index contributed by atoms with van der Waals surface area (Å²) >= 11 is 9.11. The third-order valence-electron chi connectivity index (χ3n) is 2.05. The van der Waals surface area contributed by atoms with Gasteiger partial charge in [0, 0.05) is 11.9 Å². The highest BCUT2D eigenvalue weighted by Crippen LogP contribution is 2.28. The van der Waals surface area contributed by atoms with Crippen LogP contribution in [0.1, 0.15) is 0 Å². The van der Waals surface area contributed by atoms with Crippen molar-refractivity contribution in [2.75, 3.05) is 12.4 Å². The summed E-state index contributed by atoms with van der Waals surface area (Å²) in [7, 11) is 1.62. The number of hydrogen-bond acceptors (Lipinski definition) is 4. The summed E-state index contributed by atoms with van der Waals surface area (Å²) in [4.78, 5) is 7.85. The Labute approximate surface area is 112 Å². The number of rotatable bonds is 3. The molecule has 0 saturated heterocycles. The second-order valence-electron chi connectivity index (χ2n) is 3.19. The summed E-state index contributed by atoms with van der Waals surface area (Å²) in [6.07, 6.45) is 1.59. The van der Waals surface area contributed by atoms with Crippen molar-refractivity contribution >= 4 is 39.0 Å². The zero-order chi connectivity index (χ0) is 12.3. The maximum Gasteiger partial charge on any atom is 0.224 e. The molecule has 0 unspecified atom stereocenters. The van der Waals surface area contributed by atoms with Gasteiger partial charge in [0.2, 0.25) is 5.28 Å². The van der Waals surface area contributed by atoms with Gasteiger partial charge < -0.3 is 10.1 Å². The highest BCUT2D eigenvalue weighted by molar-refractivity contribution is 9.10. The highest BCUT2D eigenvalue weighted by atomic mass is 79.9. The Morgan fingerprint density at radius 2 is 2.18 bits per heavy atom. The molecule has 2 rings (SSSR count). The molecule has 1 aromatic heterocycles. The van der Waals surface area contributed by atoms with Crippen molar-refractivity contribution < 1.29 is 4.74 Å². The third kappa shape index (κ3) is 3.08. The quantitative estimate of drug-likeness (QED) is 0.879. The predicted molar refractivity (Wildman–Crippen MR) is 71.0 cm³/mol. The van der Waals surface area contributed by atoms with E-state index in [1.165, 1.54) is 0 Å². The fourth-order valence-corrected chi connectivity index (χ4v) is 1.98. The summed E-state index contributed by atoms with van der Waals surface area (Å²) in [5, 5.41) is 3.33. The van der Waals surface area contributed by atoms with Crippen LogP contribution in [-0.4, -0.2) is 17.1 Å². The zero-order valence-electron chi connectivity index (χ0n) is 8.95. The molecular weight excluding hydrogens is 305 g/mol. The van der Waals surface area contributed by atoms with Crippen molar-refractivity contribution in [3.63, 3.8) is 0 Å². The standard InChI is InChI=1S/C11H9BrClN3O/c1-17-9-3-2-7(6-8(9)12)15-10-4-5-14-11(13)16-10/h2-6H,1H3,(H,14,15,16). The van der Waals surface area contributed by atoms with E-state index >= 15 is 0 Å². The molecule has 0 aliphatic rings. The van der Waals surface area contributed by atoms with Crippen LogP contribution < -0.4 is 10.1 Å². The van der Waals surface area contributed by atoms with E-state index in [0.29, 0.717) is 5.82 Å². The lowest BCUT2D eigenvalue weighted by atomic mass is 10.3. The molecule has 88 valence electrons. The van der Waals surface area contributed by atoms with E-state index in [0.717, 1.165) is 15.9 Å². The Hall–Kier alpha value is -1.33. The third-order valence-corrected chi connectivity index (χ3v) is 2.85. The summed E-state index contributed by atoms with van der Waals surface area (Å²) in [5.41, 5.74) is 0.882. The summed E-state index contributed by atoms with van der Waals surface area (Å²) < 4.78 is 6.01. The van der Waals surface area contributed by atoms with Crippen molar-refractivity contribution in [2.45, 2.75) is 0 Å². The lowest BCUT2D eigenvalue weighted by Gasteiger charge is -2.08. The van der Waals surface area contributed by atoms with Crippen molar-refractivity contribution in [1.82, 2.24) is 9.97 Å². The van der Waals surface area contributed by atoms with Gasteiger partial charge in [0.05, 0.1) is 11.6 Å². The average Bonchev–Trinajstić information content (AvgIpc) is 2.29. The molecule has 0 amide bonds. The molecule has 1 heterocycles. The summed E-state index contributed by atoms with van der Waals surface area (Å²) in [6.45, 7) is 0. The molecule has 4 nitrogen and oxygen atoms in total. The van der Waals surface area contributed by atoms with Crippen molar-refractivity contribution in [2.24, 2.45) is 0 Å². The van der Waals surface area contributed by atoms with Crippen LogP contribution in [0.2, 0.25) is 5.28 Å². The summed E-state index contributed by atoms with van der Waals surface area (Å²) in [5.74, 6) is 1.42. The van der Waals surface area contributed by atoms with Crippen molar-refractivity contribution in [3.8, 4) is 5.75 Å². The molecule has 0 bridgehead atoms. The Bertz CT molecular complexity index is 536. The maximum atomic E-state index is 5.70. The van der Waals surface area contributed by atoms with Crippen LogP contribution in [0.15, 0.2) is 34.9 Å². The van der Waals surface area contributed by atoms with Gasteiger partial charge in [-0.05, 0) is 51.8 Å². The first-order valence-corrected chi connectivity index (χ1v) is 5.95. The number of nitrogens with one attached hydrogen (secondary N) is 1. The van der Waals surface area contributed by atoms with E-state index in [-0.39, 0.29) is 5.28 Å².